The second-order valence-corrected chi connectivity index (χ2v) is 9.63. The summed E-state index contributed by atoms with van der Waals surface area (Å²) in [6, 6.07) is 25.6. The van der Waals surface area contributed by atoms with Crippen LogP contribution in [-0.4, -0.2) is 24.6 Å². The Morgan fingerprint density at radius 1 is 0.857 bits per heavy atom. The lowest BCUT2D eigenvalue weighted by molar-refractivity contribution is -0.991. The number of rotatable bonds is 6. The number of aromatic nitrogens is 1. The van der Waals surface area contributed by atoms with Crippen molar-refractivity contribution in [3.8, 4) is 11.3 Å². The molecule has 8 nitrogen and oxygen atoms in total. The molecule has 0 fully saturated rings. The first kappa shape index (κ1) is 22.6. The Morgan fingerprint density at radius 3 is 2.23 bits per heavy atom. The van der Waals surface area contributed by atoms with Crippen LogP contribution in [0.2, 0.25) is 0 Å². The quantitative estimate of drug-likeness (QED) is 0.275. The molecule has 0 radical (unpaired) electrons. The van der Waals surface area contributed by atoms with Gasteiger partial charge in [0.25, 0.3) is 0 Å². The average Bonchev–Trinajstić information content (AvgIpc) is 3.35. The Kier molecular flexibility index (Phi) is 5.75. The van der Waals surface area contributed by atoms with Crippen LogP contribution in [0.15, 0.2) is 111 Å². The average molecular weight is 487 g/mol. The number of sulfone groups is 1. The smallest absolute Gasteiger partial charge is 0.216 e. The number of benzene rings is 4. The van der Waals surface area contributed by atoms with E-state index in [2.05, 4.69) is 5.16 Å². The Hall–Kier alpha value is -4.15. The van der Waals surface area contributed by atoms with Gasteiger partial charge in [0.1, 0.15) is 0 Å². The van der Waals surface area contributed by atoms with Crippen LogP contribution in [0.4, 0.5) is 5.69 Å². The molecule has 0 aliphatic heterocycles. The van der Waals surface area contributed by atoms with Crippen molar-refractivity contribution in [3.63, 3.8) is 0 Å². The van der Waals surface area contributed by atoms with E-state index in [9.17, 15) is 23.6 Å². The highest BCUT2D eigenvalue weighted by Crippen LogP contribution is 2.36. The monoisotopic (exact) mass is 486 g/mol. The predicted octanol–water partition coefficient (Wildman–Crippen LogP) is 3.96. The van der Waals surface area contributed by atoms with Crippen molar-refractivity contribution < 1.29 is 28.2 Å². The molecule has 0 saturated carbocycles. The molecule has 0 aliphatic carbocycles. The van der Waals surface area contributed by atoms with Gasteiger partial charge in [-0.25, -0.2) is 13.6 Å². The number of carbonyl (C=O) groups is 1. The van der Waals surface area contributed by atoms with Crippen LogP contribution >= 0.6 is 0 Å². The number of nitrogens with one attached hydrogen (secondary N) is 1. The number of carbonyl (C=O) groups excluding carboxylic acids is 1. The fourth-order valence-corrected chi connectivity index (χ4v) is 5.43. The normalized spacial score (nSPS) is 12.5. The Bertz CT molecular complexity index is 1640. The molecule has 5 rings (SSSR count). The van der Waals surface area contributed by atoms with Crippen molar-refractivity contribution in [3.05, 3.63) is 114 Å². The molecule has 4 aromatic carbocycles. The van der Waals surface area contributed by atoms with Crippen LogP contribution in [0, 0.1) is 5.21 Å². The third-order valence-corrected chi connectivity index (χ3v) is 7.42. The lowest BCUT2D eigenvalue weighted by Crippen LogP contribution is -2.99. The van der Waals surface area contributed by atoms with Gasteiger partial charge in [-0.2, -0.15) is 5.23 Å². The van der Waals surface area contributed by atoms with Crippen molar-refractivity contribution in [2.75, 3.05) is 0 Å². The summed E-state index contributed by atoms with van der Waals surface area (Å²) in [5.41, 5.74) is 0.234. The van der Waals surface area contributed by atoms with Crippen LogP contribution in [-0.2, 0) is 9.84 Å². The number of nitrogens with zero attached hydrogens (tertiary/aromatic N) is 1. The maximum Gasteiger partial charge on any atom is 0.216 e. The highest BCUT2D eigenvalue weighted by molar-refractivity contribution is 7.91. The van der Waals surface area contributed by atoms with E-state index in [1.54, 1.807) is 42.5 Å². The second-order valence-electron chi connectivity index (χ2n) is 7.74. The van der Waals surface area contributed by atoms with Gasteiger partial charge in [0.15, 0.2) is 22.0 Å². The highest BCUT2D eigenvalue weighted by Gasteiger charge is 2.34. The van der Waals surface area contributed by atoms with E-state index in [4.69, 9.17) is 4.52 Å². The first-order valence-corrected chi connectivity index (χ1v) is 12.0. The predicted molar refractivity (Wildman–Crippen MR) is 127 cm³/mol. The van der Waals surface area contributed by atoms with Crippen molar-refractivity contribution in [2.24, 2.45) is 0 Å². The molecule has 0 amide bonds. The first-order valence-electron chi connectivity index (χ1n) is 10.5. The molecular weight excluding hydrogens is 468 g/mol. The second kappa shape index (κ2) is 8.90. The molecule has 174 valence electrons. The van der Waals surface area contributed by atoms with Gasteiger partial charge in [-0.1, -0.05) is 65.8 Å². The van der Waals surface area contributed by atoms with Crippen LogP contribution in [0.25, 0.3) is 22.1 Å². The summed E-state index contributed by atoms with van der Waals surface area (Å²) in [6.45, 7) is 0. The topological polar surface area (TPSA) is 125 Å². The Morgan fingerprint density at radius 2 is 1.51 bits per heavy atom. The summed E-state index contributed by atoms with van der Waals surface area (Å²) in [5, 5.41) is 24.7. The molecule has 0 spiro atoms. The summed E-state index contributed by atoms with van der Waals surface area (Å²) in [4.78, 5) is 13.3. The maximum atomic E-state index is 13.7. The number of quaternary nitrogens is 1. The zero-order valence-electron chi connectivity index (χ0n) is 18.1. The molecular formula is C26H18N2O6S. The number of hydrogen-bond donors (Lipinski definition) is 2. The lowest BCUT2D eigenvalue weighted by Gasteiger charge is -2.11. The van der Waals surface area contributed by atoms with Gasteiger partial charge in [0, 0.05) is 23.3 Å². The fraction of sp³-hybridized carbons (Fsp3) is 0. The minimum Gasteiger partial charge on any atom is -0.595 e. The van der Waals surface area contributed by atoms with Gasteiger partial charge in [0.2, 0.25) is 15.6 Å². The van der Waals surface area contributed by atoms with Crippen LogP contribution < -0.4 is 5.23 Å². The highest BCUT2D eigenvalue weighted by atomic mass is 32.2. The van der Waals surface area contributed by atoms with Gasteiger partial charge in [-0.15, -0.1) is 0 Å². The van der Waals surface area contributed by atoms with Crippen molar-refractivity contribution in [2.45, 2.75) is 9.79 Å². The molecule has 9 heteroatoms. The zero-order chi connectivity index (χ0) is 24.6. The molecule has 1 heterocycles. The van der Waals surface area contributed by atoms with E-state index in [1.807, 2.05) is 18.2 Å². The Balaban J connectivity index is 1.74. The maximum absolute atomic E-state index is 13.7. The van der Waals surface area contributed by atoms with Crippen LogP contribution in [0.1, 0.15) is 16.1 Å². The third-order valence-electron chi connectivity index (χ3n) is 5.62. The standard InChI is InChI=1S/C26H18N2O6S/c29-24(22-12-6-8-17-7-4-5-11-21(17)22)23-26(35(32,33)20-9-2-1-3-10-20)25(34-27-23)18-13-15-19(16-14-18)28(30)31/h1-16,28,30H. The lowest BCUT2D eigenvalue weighted by atomic mass is 9.99. The largest absolute Gasteiger partial charge is 0.595 e. The van der Waals surface area contributed by atoms with E-state index < -0.39 is 20.8 Å². The van der Waals surface area contributed by atoms with Gasteiger partial charge in [0.05, 0.1) is 4.90 Å². The number of ketones is 1. The van der Waals surface area contributed by atoms with Gasteiger partial charge in [-0.3, -0.25) is 4.79 Å². The van der Waals surface area contributed by atoms with E-state index >= 15 is 0 Å². The molecule has 5 aromatic rings. The van der Waals surface area contributed by atoms with Gasteiger partial charge < -0.3 is 9.73 Å². The molecule has 1 atom stereocenters. The summed E-state index contributed by atoms with van der Waals surface area (Å²) >= 11 is 0. The Labute approximate surface area is 200 Å². The molecule has 35 heavy (non-hydrogen) atoms. The van der Waals surface area contributed by atoms with E-state index in [1.165, 1.54) is 36.4 Å². The number of hydrogen-bond acceptors (Lipinski definition) is 7. The fourth-order valence-electron chi connectivity index (χ4n) is 3.89. The van der Waals surface area contributed by atoms with E-state index in [0.29, 0.717) is 5.39 Å². The van der Waals surface area contributed by atoms with Crippen molar-refractivity contribution in [1.82, 2.24) is 5.16 Å². The zero-order valence-corrected chi connectivity index (χ0v) is 18.9. The molecule has 0 aliphatic rings. The molecule has 0 bridgehead atoms. The van der Waals surface area contributed by atoms with Crippen LogP contribution in [0.5, 0.6) is 0 Å². The van der Waals surface area contributed by atoms with Crippen molar-refractivity contribution >= 4 is 32.1 Å². The SMILES string of the molecule is O=C(c1noc(-c2ccc([NH+]([O-])O)cc2)c1S(=O)(=O)c1ccccc1)c1cccc2ccccc12. The number of fused-ring (bicyclic) bond motifs is 1. The summed E-state index contributed by atoms with van der Waals surface area (Å²) < 4.78 is 32.9. The van der Waals surface area contributed by atoms with E-state index in [0.717, 1.165) is 5.39 Å². The summed E-state index contributed by atoms with van der Waals surface area (Å²) in [6.07, 6.45) is 0. The molecule has 1 unspecified atom stereocenters. The third kappa shape index (κ3) is 4.02. The molecule has 2 N–H and O–H groups in total. The minimum absolute atomic E-state index is 0.0211. The molecule has 0 saturated heterocycles. The summed E-state index contributed by atoms with van der Waals surface area (Å²) in [7, 11) is -4.23. The van der Waals surface area contributed by atoms with Gasteiger partial charge in [-0.05, 0) is 35.0 Å². The molecule has 1 aromatic heterocycles. The van der Waals surface area contributed by atoms with Gasteiger partial charge >= 0.3 is 0 Å². The van der Waals surface area contributed by atoms with E-state index in [-0.39, 0.29) is 38.1 Å². The van der Waals surface area contributed by atoms with Crippen molar-refractivity contribution in [1.29, 1.82) is 0 Å². The minimum atomic E-state index is -4.23. The van der Waals surface area contributed by atoms with Crippen LogP contribution in [0.3, 0.4) is 0 Å². The summed E-state index contributed by atoms with van der Waals surface area (Å²) in [5.74, 6) is -0.747. The first-order chi connectivity index (χ1) is 16.9.